The molecule has 0 fully saturated rings. The predicted octanol–water partition coefficient (Wildman–Crippen LogP) is 1.05. The van der Waals surface area contributed by atoms with Crippen LogP contribution in [0.4, 0.5) is 0 Å². The molecular weight excluding hydrogens is 100 g/mol. The molecule has 0 aromatic carbocycles. The molecule has 2 heteroatoms. The second-order valence-electron chi connectivity index (χ2n) is 1.46. The normalized spacial score (nSPS) is 12.4. The molecule has 0 heterocycles. The molecular formula is C6H10N2. The summed E-state index contributed by atoms with van der Waals surface area (Å²) in [4.78, 5) is 0. The summed E-state index contributed by atoms with van der Waals surface area (Å²) >= 11 is 0. The summed E-state index contributed by atoms with van der Waals surface area (Å²) in [5.41, 5.74) is 6.02. The van der Waals surface area contributed by atoms with E-state index in [-0.39, 0.29) is 0 Å². The molecule has 0 radical (unpaired) electrons. The Bertz CT molecular complexity index is 118. The molecule has 0 bridgehead atoms. The summed E-state index contributed by atoms with van der Waals surface area (Å²) in [5.74, 6) is 0. The molecule has 0 saturated carbocycles. The lowest BCUT2D eigenvalue weighted by Crippen LogP contribution is -1.87. The zero-order valence-electron chi connectivity index (χ0n) is 4.89. The van der Waals surface area contributed by atoms with E-state index < -0.39 is 0 Å². The molecule has 0 aliphatic carbocycles. The van der Waals surface area contributed by atoms with E-state index in [1.165, 1.54) is 6.21 Å². The lowest BCUT2D eigenvalue weighted by molar-refractivity contribution is 1.32. The first-order chi connectivity index (χ1) is 3.77. The first kappa shape index (κ1) is 6.95. The quantitative estimate of drug-likeness (QED) is 0.405. The van der Waals surface area contributed by atoms with Gasteiger partial charge < -0.3 is 11.1 Å². The molecule has 8 heavy (non-hydrogen) atoms. The molecule has 0 aliphatic rings. The van der Waals surface area contributed by atoms with Crippen LogP contribution < -0.4 is 5.73 Å². The Morgan fingerprint density at radius 2 is 2.12 bits per heavy atom. The van der Waals surface area contributed by atoms with E-state index in [4.69, 9.17) is 11.1 Å². The van der Waals surface area contributed by atoms with Crippen molar-refractivity contribution in [3.8, 4) is 0 Å². The van der Waals surface area contributed by atoms with Gasteiger partial charge >= 0.3 is 0 Å². The number of hydrogen-bond donors (Lipinski definition) is 2. The zero-order chi connectivity index (χ0) is 6.41. The number of rotatable bonds is 2. The molecule has 0 aliphatic heterocycles. The maximum atomic E-state index is 6.57. The van der Waals surface area contributed by atoms with E-state index in [0.717, 1.165) is 5.70 Å². The fourth-order valence-corrected chi connectivity index (χ4v) is 0.263. The van der Waals surface area contributed by atoms with Gasteiger partial charge in [0, 0.05) is 11.9 Å². The van der Waals surface area contributed by atoms with Crippen LogP contribution in [0.5, 0.6) is 0 Å². The second kappa shape index (κ2) is 4.12. The van der Waals surface area contributed by atoms with Gasteiger partial charge in [-0.25, -0.2) is 0 Å². The zero-order valence-corrected chi connectivity index (χ0v) is 4.89. The van der Waals surface area contributed by atoms with Crippen molar-refractivity contribution in [1.82, 2.24) is 0 Å². The number of hydrogen-bond acceptors (Lipinski definition) is 2. The van der Waals surface area contributed by atoms with Gasteiger partial charge in [0.2, 0.25) is 0 Å². The van der Waals surface area contributed by atoms with Gasteiger partial charge in [0.15, 0.2) is 0 Å². The summed E-state index contributed by atoms with van der Waals surface area (Å²) in [6.07, 6.45) is 6.28. The number of allylic oxidation sites excluding steroid dienone is 4. The topological polar surface area (TPSA) is 49.9 Å². The fourth-order valence-electron chi connectivity index (χ4n) is 0.263. The van der Waals surface area contributed by atoms with Crippen LogP contribution in [0.3, 0.4) is 0 Å². The predicted molar refractivity (Wildman–Crippen MR) is 35.9 cm³/mol. The minimum Gasteiger partial charge on any atom is -0.402 e. The van der Waals surface area contributed by atoms with Crippen LogP contribution in [0.15, 0.2) is 23.9 Å². The molecule has 2 nitrogen and oxygen atoms in total. The van der Waals surface area contributed by atoms with Gasteiger partial charge in [0.05, 0.1) is 0 Å². The molecule has 0 unspecified atom stereocenters. The Morgan fingerprint density at radius 3 is 2.50 bits per heavy atom. The molecule has 0 amide bonds. The smallest absolute Gasteiger partial charge is 0.0177 e. The standard InChI is InChI=1S/C6H10N2/c1-6(8)4-2-3-5-7/h2-5,7H,8H2,1H3/b3-2-,6-4+,7-5?. The third kappa shape index (κ3) is 4.95. The monoisotopic (exact) mass is 110 g/mol. The second-order valence-corrected chi connectivity index (χ2v) is 1.46. The van der Waals surface area contributed by atoms with Crippen LogP contribution in [-0.4, -0.2) is 6.21 Å². The van der Waals surface area contributed by atoms with E-state index in [0.29, 0.717) is 0 Å². The van der Waals surface area contributed by atoms with Gasteiger partial charge in [-0.3, -0.25) is 0 Å². The van der Waals surface area contributed by atoms with Crippen molar-refractivity contribution < 1.29 is 0 Å². The minimum atomic E-state index is 0.753. The first-order valence-electron chi connectivity index (χ1n) is 2.37. The van der Waals surface area contributed by atoms with Crippen LogP contribution >= 0.6 is 0 Å². The third-order valence-corrected chi connectivity index (χ3v) is 0.566. The Balaban J connectivity index is 3.57. The Kier molecular flexibility index (Phi) is 3.58. The van der Waals surface area contributed by atoms with Crippen molar-refractivity contribution >= 4 is 6.21 Å². The van der Waals surface area contributed by atoms with Crippen molar-refractivity contribution in [2.45, 2.75) is 6.92 Å². The average molecular weight is 110 g/mol. The van der Waals surface area contributed by atoms with E-state index >= 15 is 0 Å². The molecule has 0 spiro atoms. The van der Waals surface area contributed by atoms with Gasteiger partial charge in [0.1, 0.15) is 0 Å². The van der Waals surface area contributed by atoms with E-state index in [2.05, 4.69) is 0 Å². The van der Waals surface area contributed by atoms with Gasteiger partial charge in [-0.2, -0.15) is 0 Å². The largest absolute Gasteiger partial charge is 0.402 e. The van der Waals surface area contributed by atoms with Crippen molar-refractivity contribution in [3.63, 3.8) is 0 Å². The van der Waals surface area contributed by atoms with Crippen LogP contribution in [0, 0.1) is 5.41 Å². The first-order valence-corrected chi connectivity index (χ1v) is 2.37. The Hall–Kier alpha value is -1.05. The van der Waals surface area contributed by atoms with Crippen LogP contribution in [-0.2, 0) is 0 Å². The molecule has 0 saturated heterocycles. The Labute approximate surface area is 49.2 Å². The fraction of sp³-hybridized carbons (Fsp3) is 0.167. The molecule has 44 valence electrons. The maximum absolute atomic E-state index is 6.57. The SMILES string of the molecule is C/C(N)=C\C=C/C=N. The lowest BCUT2D eigenvalue weighted by Gasteiger charge is -1.79. The molecule has 0 atom stereocenters. The highest BCUT2D eigenvalue weighted by Gasteiger charge is 1.66. The van der Waals surface area contributed by atoms with Crippen molar-refractivity contribution in [2.24, 2.45) is 5.73 Å². The summed E-state index contributed by atoms with van der Waals surface area (Å²) in [5, 5.41) is 6.57. The van der Waals surface area contributed by atoms with Gasteiger partial charge in [0.25, 0.3) is 0 Å². The minimum absolute atomic E-state index is 0.753. The highest BCUT2D eigenvalue weighted by molar-refractivity contribution is 5.68. The van der Waals surface area contributed by atoms with Crippen LogP contribution in [0.1, 0.15) is 6.92 Å². The summed E-state index contributed by atoms with van der Waals surface area (Å²) in [6, 6.07) is 0. The van der Waals surface area contributed by atoms with E-state index in [1.807, 2.05) is 0 Å². The number of nitrogens with one attached hydrogen (secondary N) is 1. The van der Waals surface area contributed by atoms with Gasteiger partial charge in [-0.15, -0.1) is 0 Å². The molecule has 0 rings (SSSR count). The summed E-state index contributed by atoms with van der Waals surface area (Å²) in [7, 11) is 0. The van der Waals surface area contributed by atoms with E-state index in [9.17, 15) is 0 Å². The maximum Gasteiger partial charge on any atom is 0.0177 e. The molecule has 0 aromatic rings. The van der Waals surface area contributed by atoms with E-state index in [1.54, 1.807) is 25.2 Å². The number of nitrogens with two attached hydrogens (primary N) is 1. The van der Waals surface area contributed by atoms with Crippen molar-refractivity contribution in [3.05, 3.63) is 23.9 Å². The molecule has 0 aromatic heterocycles. The summed E-state index contributed by atoms with van der Waals surface area (Å²) in [6.45, 7) is 1.80. The molecule has 3 N–H and O–H groups in total. The lowest BCUT2D eigenvalue weighted by atomic mass is 10.4. The van der Waals surface area contributed by atoms with Crippen LogP contribution in [0.25, 0.3) is 0 Å². The van der Waals surface area contributed by atoms with Crippen LogP contribution in [0.2, 0.25) is 0 Å². The van der Waals surface area contributed by atoms with Crippen molar-refractivity contribution in [2.75, 3.05) is 0 Å². The van der Waals surface area contributed by atoms with Crippen molar-refractivity contribution in [1.29, 1.82) is 5.41 Å². The Morgan fingerprint density at radius 1 is 1.50 bits per heavy atom. The average Bonchev–Trinajstić information content (AvgIpc) is 1.66. The summed E-state index contributed by atoms with van der Waals surface area (Å²) < 4.78 is 0. The third-order valence-electron chi connectivity index (χ3n) is 0.566. The van der Waals surface area contributed by atoms with Gasteiger partial charge in [-0.1, -0.05) is 6.08 Å². The highest BCUT2D eigenvalue weighted by atomic mass is 14.5. The van der Waals surface area contributed by atoms with Gasteiger partial charge in [-0.05, 0) is 19.1 Å². The highest BCUT2D eigenvalue weighted by Crippen LogP contribution is 1.78.